The number of rotatable bonds is 8. The first-order valence-electron chi connectivity index (χ1n) is 6.25. The van der Waals surface area contributed by atoms with Gasteiger partial charge in [-0.05, 0) is 19.0 Å². The van der Waals surface area contributed by atoms with Crippen LogP contribution >= 0.6 is 0 Å². The summed E-state index contributed by atoms with van der Waals surface area (Å²) in [5.41, 5.74) is 0.672. The maximum absolute atomic E-state index is 9.29. The topological polar surface area (TPSA) is 83.7 Å². The Morgan fingerprint density at radius 1 is 1.15 bits per heavy atom. The molecule has 6 nitrogen and oxygen atoms in total. The van der Waals surface area contributed by atoms with Crippen molar-refractivity contribution < 1.29 is 19.3 Å². The average molecular weight is 280 g/mol. The van der Waals surface area contributed by atoms with Crippen molar-refractivity contribution in [1.82, 2.24) is 5.32 Å². The fourth-order valence-corrected chi connectivity index (χ4v) is 1.83. The third kappa shape index (κ3) is 3.76. The second kappa shape index (κ2) is 8.25. The number of nitrogens with one attached hydrogen (secondary N) is 1. The summed E-state index contributed by atoms with van der Waals surface area (Å²) in [5, 5.41) is 21.1. The molecule has 0 bridgehead atoms. The van der Waals surface area contributed by atoms with Crippen LogP contribution in [0.3, 0.4) is 0 Å². The highest BCUT2D eigenvalue weighted by Gasteiger charge is 2.19. The Morgan fingerprint density at radius 3 is 2.25 bits per heavy atom. The van der Waals surface area contributed by atoms with Crippen molar-refractivity contribution in [2.75, 3.05) is 34.5 Å². The molecule has 1 aromatic carbocycles. The number of aliphatic hydroxyl groups excluding tert-OH is 1. The summed E-state index contributed by atoms with van der Waals surface area (Å²) in [4.78, 5) is 0. The van der Waals surface area contributed by atoms with Gasteiger partial charge < -0.3 is 19.3 Å². The van der Waals surface area contributed by atoms with E-state index in [1.807, 2.05) is 0 Å². The molecule has 0 aliphatic rings. The SMILES string of the molecule is COc1cc(OC)c(C(C#N)NCCCO)cc1OC. The number of benzene rings is 1. The number of hydrogen-bond acceptors (Lipinski definition) is 6. The molecule has 0 aliphatic carbocycles. The molecule has 0 saturated heterocycles. The third-order valence-corrected chi connectivity index (χ3v) is 2.86. The van der Waals surface area contributed by atoms with E-state index in [2.05, 4.69) is 11.4 Å². The molecule has 0 amide bonds. The third-order valence-electron chi connectivity index (χ3n) is 2.86. The molecule has 20 heavy (non-hydrogen) atoms. The number of methoxy groups -OCH3 is 3. The van der Waals surface area contributed by atoms with Crippen LogP contribution in [0.2, 0.25) is 0 Å². The molecule has 0 saturated carbocycles. The number of aliphatic hydroxyl groups is 1. The Balaban J connectivity index is 3.10. The summed E-state index contributed by atoms with van der Waals surface area (Å²) in [6.45, 7) is 0.612. The van der Waals surface area contributed by atoms with Crippen LogP contribution in [-0.4, -0.2) is 39.6 Å². The summed E-state index contributed by atoms with van der Waals surface area (Å²) >= 11 is 0. The van der Waals surface area contributed by atoms with Crippen LogP contribution in [0.25, 0.3) is 0 Å². The molecule has 0 aliphatic heterocycles. The van der Waals surface area contributed by atoms with Gasteiger partial charge in [0.25, 0.3) is 0 Å². The zero-order valence-electron chi connectivity index (χ0n) is 12.0. The Bertz CT molecular complexity index is 471. The van der Waals surface area contributed by atoms with Gasteiger partial charge in [0.2, 0.25) is 0 Å². The van der Waals surface area contributed by atoms with E-state index in [9.17, 15) is 5.26 Å². The van der Waals surface area contributed by atoms with Crippen molar-refractivity contribution in [2.24, 2.45) is 0 Å². The quantitative estimate of drug-likeness (QED) is 0.697. The summed E-state index contributed by atoms with van der Waals surface area (Å²) < 4.78 is 15.7. The maximum Gasteiger partial charge on any atom is 0.164 e. The van der Waals surface area contributed by atoms with E-state index in [1.165, 1.54) is 21.3 Å². The molecule has 110 valence electrons. The van der Waals surface area contributed by atoms with Crippen LogP contribution in [-0.2, 0) is 0 Å². The van der Waals surface area contributed by atoms with Crippen LogP contribution in [0.15, 0.2) is 12.1 Å². The lowest BCUT2D eigenvalue weighted by Gasteiger charge is -2.18. The number of hydrogen-bond donors (Lipinski definition) is 2. The lowest BCUT2D eigenvalue weighted by Crippen LogP contribution is -2.22. The molecular weight excluding hydrogens is 260 g/mol. The first-order chi connectivity index (χ1) is 9.71. The van der Waals surface area contributed by atoms with E-state index in [4.69, 9.17) is 19.3 Å². The van der Waals surface area contributed by atoms with Gasteiger partial charge in [0.15, 0.2) is 11.5 Å². The summed E-state index contributed by atoms with van der Waals surface area (Å²) in [7, 11) is 4.61. The summed E-state index contributed by atoms with van der Waals surface area (Å²) in [5.74, 6) is 1.62. The van der Waals surface area contributed by atoms with Gasteiger partial charge in [-0.15, -0.1) is 0 Å². The molecule has 1 rings (SSSR count). The molecule has 1 unspecified atom stereocenters. The van der Waals surface area contributed by atoms with Crippen molar-refractivity contribution >= 4 is 0 Å². The monoisotopic (exact) mass is 280 g/mol. The van der Waals surface area contributed by atoms with Gasteiger partial charge in [-0.2, -0.15) is 5.26 Å². The lowest BCUT2D eigenvalue weighted by atomic mass is 10.1. The van der Waals surface area contributed by atoms with Crippen LogP contribution in [0.4, 0.5) is 0 Å². The number of ether oxygens (including phenoxy) is 3. The van der Waals surface area contributed by atoms with Gasteiger partial charge in [-0.3, -0.25) is 5.32 Å². The normalized spacial score (nSPS) is 11.6. The molecule has 1 atom stereocenters. The van der Waals surface area contributed by atoms with Crippen molar-refractivity contribution in [3.63, 3.8) is 0 Å². The Kier molecular flexibility index (Phi) is 6.64. The fourth-order valence-electron chi connectivity index (χ4n) is 1.83. The van der Waals surface area contributed by atoms with Crippen LogP contribution in [0, 0.1) is 11.3 Å². The van der Waals surface area contributed by atoms with Crippen molar-refractivity contribution in [3.8, 4) is 23.3 Å². The molecule has 2 N–H and O–H groups in total. The predicted octanol–water partition coefficient (Wildman–Crippen LogP) is 1.25. The van der Waals surface area contributed by atoms with Gasteiger partial charge in [-0.25, -0.2) is 0 Å². The van der Waals surface area contributed by atoms with Crippen molar-refractivity contribution in [2.45, 2.75) is 12.5 Å². The van der Waals surface area contributed by atoms with Crippen molar-refractivity contribution in [3.05, 3.63) is 17.7 Å². The van der Waals surface area contributed by atoms with E-state index in [0.717, 1.165) is 0 Å². The first-order valence-corrected chi connectivity index (χ1v) is 6.25. The summed E-state index contributed by atoms with van der Waals surface area (Å²) in [6, 6.07) is 5.03. The minimum absolute atomic E-state index is 0.0776. The second-order valence-corrected chi connectivity index (χ2v) is 4.04. The number of nitrogens with zero attached hydrogens (tertiary/aromatic N) is 1. The highest BCUT2D eigenvalue weighted by Crippen LogP contribution is 2.37. The second-order valence-electron chi connectivity index (χ2n) is 4.04. The minimum atomic E-state index is -0.545. The summed E-state index contributed by atoms with van der Waals surface area (Å²) in [6.07, 6.45) is 0.577. The molecule has 6 heteroatoms. The van der Waals surface area contributed by atoms with Gasteiger partial charge in [0.05, 0.1) is 27.4 Å². The smallest absolute Gasteiger partial charge is 0.164 e. The Morgan fingerprint density at radius 2 is 1.75 bits per heavy atom. The van der Waals surface area contributed by atoms with Crippen LogP contribution in [0.1, 0.15) is 18.0 Å². The first kappa shape index (κ1) is 16.1. The predicted molar refractivity (Wildman–Crippen MR) is 74.2 cm³/mol. The van der Waals surface area contributed by atoms with Crippen LogP contribution < -0.4 is 19.5 Å². The molecule has 0 aromatic heterocycles. The average Bonchev–Trinajstić information content (AvgIpc) is 2.50. The van der Waals surface area contributed by atoms with E-state index < -0.39 is 6.04 Å². The maximum atomic E-state index is 9.29. The Hall–Kier alpha value is -1.97. The molecular formula is C14H20N2O4. The number of nitriles is 1. The highest BCUT2D eigenvalue weighted by molar-refractivity contribution is 5.52. The zero-order chi connectivity index (χ0) is 15.0. The van der Waals surface area contributed by atoms with Crippen LogP contribution in [0.5, 0.6) is 17.2 Å². The van der Waals surface area contributed by atoms with E-state index in [0.29, 0.717) is 35.8 Å². The minimum Gasteiger partial charge on any atom is -0.496 e. The van der Waals surface area contributed by atoms with Gasteiger partial charge in [0, 0.05) is 18.2 Å². The largest absolute Gasteiger partial charge is 0.496 e. The molecule has 0 radical (unpaired) electrons. The van der Waals surface area contributed by atoms with E-state index in [1.54, 1.807) is 12.1 Å². The Labute approximate surface area is 118 Å². The standard InChI is InChI=1S/C14H20N2O4/c1-18-12-8-14(20-3)13(19-2)7-10(12)11(9-15)16-5-4-6-17/h7-8,11,16-17H,4-6H2,1-3H3. The molecule has 0 fully saturated rings. The lowest BCUT2D eigenvalue weighted by molar-refractivity contribution is 0.284. The zero-order valence-corrected chi connectivity index (χ0v) is 12.0. The van der Waals surface area contributed by atoms with Gasteiger partial charge in [-0.1, -0.05) is 0 Å². The highest BCUT2D eigenvalue weighted by atomic mass is 16.5. The van der Waals surface area contributed by atoms with E-state index >= 15 is 0 Å². The van der Waals surface area contributed by atoms with E-state index in [-0.39, 0.29) is 6.61 Å². The van der Waals surface area contributed by atoms with Gasteiger partial charge >= 0.3 is 0 Å². The van der Waals surface area contributed by atoms with Gasteiger partial charge in [0.1, 0.15) is 11.8 Å². The fraction of sp³-hybridized carbons (Fsp3) is 0.500. The molecule has 0 spiro atoms. The molecule has 0 heterocycles. The molecule has 1 aromatic rings. The van der Waals surface area contributed by atoms with Crippen molar-refractivity contribution in [1.29, 1.82) is 5.26 Å².